The van der Waals surface area contributed by atoms with E-state index in [-0.39, 0.29) is 5.91 Å². The first-order valence-electron chi connectivity index (χ1n) is 7.86. The zero-order chi connectivity index (χ0) is 15.8. The third kappa shape index (κ3) is 4.35. The van der Waals surface area contributed by atoms with E-state index in [1.54, 1.807) is 12.1 Å². The molecule has 2 rings (SSSR count). The van der Waals surface area contributed by atoms with E-state index in [1.807, 2.05) is 36.4 Å². The molecule has 0 radical (unpaired) electrons. The minimum absolute atomic E-state index is 0.109. The van der Waals surface area contributed by atoms with Crippen LogP contribution in [0.4, 0.5) is 5.69 Å². The number of carbonyl (C=O) groups is 1. The maximum atomic E-state index is 12.4. The van der Waals surface area contributed by atoms with Crippen LogP contribution in [0.1, 0.15) is 42.6 Å². The Morgan fingerprint density at radius 2 is 1.91 bits per heavy atom. The molecule has 116 valence electrons. The summed E-state index contributed by atoms with van der Waals surface area (Å²) in [7, 11) is 0. The van der Waals surface area contributed by atoms with Gasteiger partial charge in [-0.25, -0.2) is 0 Å². The van der Waals surface area contributed by atoms with Crippen molar-refractivity contribution in [3.05, 3.63) is 59.7 Å². The molecule has 2 aromatic rings. The van der Waals surface area contributed by atoms with Crippen LogP contribution in [0, 0.1) is 0 Å². The number of hydrogen-bond donors (Lipinski definition) is 1. The highest BCUT2D eigenvalue weighted by atomic mass is 16.5. The predicted octanol–water partition coefficient (Wildman–Crippen LogP) is 4.68. The normalized spacial score (nSPS) is 10.3. The van der Waals surface area contributed by atoms with Crippen molar-refractivity contribution >= 4 is 11.6 Å². The van der Waals surface area contributed by atoms with Crippen molar-refractivity contribution < 1.29 is 9.53 Å². The molecule has 0 aliphatic heterocycles. The van der Waals surface area contributed by atoms with Crippen LogP contribution in [-0.2, 0) is 6.42 Å². The van der Waals surface area contributed by atoms with Crippen LogP contribution in [0.25, 0.3) is 0 Å². The zero-order valence-electron chi connectivity index (χ0n) is 13.3. The van der Waals surface area contributed by atoms with Crippen molar-refractivity contribution in [1.82, 2.24) is 0 Å². The highest BCUT2D eigenvalue weighted by Crippen LogP contribution is 2.19. The molecule has 1 N–H and O–H groups in total. The average molecular weight is 297 g/mol. The molecule has 0 unspecified atom stereocenters. The number of amides is 1. The van der Waals surface area contributed by atoms with Gasteiger partial charge in [-0.15, -0.1) is 0 Å². The number of para-hydroxylation sites is 1. The number of carbonyl (C=O) groups excluding carboxylic acids is 1. The van der Waals surface area contributed by atoms with Gasteiger partial charge in [0.15, 0.2) is 0 Å². The predicted molar refractivity (Wildman–Crippen MR) is 90.6 cm³/mol. The molecule has 3 heteroatoms. The second-order valence-corrected chi connectivity index (χ2v) is 5.19. The quantitative estimate of drug-likeness (QED) is 0.753. The fraction of sp³-hybridized carbons (Fsp3) is 0.316. The van der Waals surface area contributed by atoms with E-state index in [4.69, 9.17) is 4.74 Å². The van der Waals surface area contributed by atoms with Crippen LogP contribution in [0.3, 0.4) is 0 Å². The number of unbranched alkanes of at least 4 members (excludes halogenated alkanes) is 1. The van der Waals surface area contributed by atoms with E-state index >= 15 is 0 Å². The summed E-state index contributed by atoms with van der Waals surface area (Å²) in [5.74, 6) is 0.631. The molecule has 0 atom stereocenters. The summed E-state index contributed by atoms with van der Waals surface area (Å²) in [4.78, 5) is 12.4. The molecule has 3 nitrogen and oxygen atoms in total. The third-order valence-corrected chi connectivity index (χ3v) is 3.51. The van der Waals surface area contributed by atoms with Gasteiger partial charge in [0.25, 0.3) is 5.91 Å². The Morgan fingerprint density at radius 3 is 2.68 bits per heavy atom. The van der Waals surface area contributed by atoms with Crippen LogP contribution >= 0.6 is 0 Å². The molecule has 0 heterocycles. The summed E-state index contributed by atoms with van der Waals surface area (Å²) in [6.45, 7) is 4.88. The summed E-state index contributed by atoms with van der Waals surface area (Å²) < 4.78 is 5.65. The molecule has 0 fully saturated rings. The van der Waals surface area contributed by atoms with Gasteiger partial charge in [0.05, 0.1) is 6.61 Å². The van der Waals surface area contributed by atoms with Gasteiger partial charge in [0, 0.05) is 11.3 Å². The summed E-state index contributed by atoms with van der Waals surface area (Å²) in [6.07, 6.45) is 2.99. The molecule has 0 aliphatic carbocycles. The maximum Gasteiger partial charge on any atom is 0.255 e. The van der Waals surface area contributed by atoms with Gasteiger partial charge >= 0.3 is 0 Å². The lowest BCUT2D eigenvalue weighted by atomic mass is 10.1. The van der Waals surface area contributed by atoms with Gasteiger partial charge in [-0.1, -0.05) is 44.5 Å². The highest BCUT2D eigenvalue weighted by molar-refractivity contribution is 6.04. The second kappa shape index (κ2) is 8.23. The third-order valence-electron chi connectivity index (χ3n) is 3.51. The number of aryl methyl sites for hydroxylation is 1. The number of nitrogens with one attached hydrogen (secondary N) is 1. The van der Waals surface area contributed by atoms with E-state index in [0.717, 1.165) is 36.3 Å². The Labute approximate surface area is 132 Å². The van der Waals surface area contributed by atoms with Gasteiger partial charge in [-0.3, -0.25) is 4.79 Å². The monoisotopic (exact) mass is 297 g/mol. The summed E-state index contributed by atoms with van der Waals surface area (Å²) in [5, 5.41) is 2.98. The molecule has 0 bridgehead atoms. The molecule has 0 spiro atoms. The van der Waals surface area contributed by atoms with E-state index in [9.17, 15) is 4.79 Å². The Kier molecular flexibility index (Phi) is 6.01. The molecule has 0 aliphatic rings. The standard InChI is InChI=1S/C19H23NO2/c1-3-5-13-22-17-11-8-10-16(14-17)19(21)20-18-12-7-6-9-15(18)4-2/h6-12,14H,3-5,13H2,1-2H3,(H,20,21). The molecule has 0 saturated carbocycles. The zero-order valence-corrected chi connectivity index (χ0v) is 13.3. The first kappa shape index (κ1) is 16.1. The SMILES string of the molecule is CCCCOc1cccc(C(=O)Nc2ccccc2CC)c1. The largest absolute Gasteiger partial charge is 0.494 e. The number of hydrogen-bond acceptors (Lipinski definition) is 2. The van der Waals surface area contributed by atoms with Crippen LogP contribution in [0.5, 0.6) is 5.75 Å². The van der Waals surface area contributed by atoms with Gasteiger partial charge < -0.3 is 10.1 Å². The molecular weight excluding hydrogens is 274 g/mol. The smallest absolute Gasteiger partial charge is 0.255 e. The minimum Gasteiger partial charge on any atom is -0.494 e. The van der Waals surface area contributed by atoms with Gasteiger partial charge in [0.1, 0.15) is 5.75 Å². The van der Waals surface area contributed by atoms with Crippen LogP contribution in [0.15, 0.2) is 48.5 Å². The van der Waals surface area contributed by atoms with Crippen molar-refractivity contribution in [1.29, 1.82) is 0 Å². The van der Waals surface area contributed by atoms with Crippen LogP contribution < -0.4 is 10.1 Å². The van der Waals surface area contributed by atoms with E-state index in [1.165, 1.54) is 0 Å². The number of rotatable bonds is 7. The summed E-state index contributed by atoms with van der Waals surface area (Å²) in [6, 6.07) is 15.2. The Bertz CT molecular complexity index is 622. The lowest BCUT2D eigenvalue weighted by Gasteiger charge is -2.11. The fourth-order valence-corrected chi connectivity index (χ4v) is 2.21. The molecule has 0 aromatic heterocycles. The van der Waals surface area contributed by atoms with Crippen molar-refractivity contribution in [2.75, 3.05) is 11.9 Å². The van der Waals surface area contributed by atoms with Gasteiger partial charge in [0.2, 0.25) is 0 Å². The second-order valence-electron chi connectivity index (χ2n) is 5.19. The maximum absolute atomic E-state index is 12.4. The van der Waals surface area contributed by atoms with Crippen molar-refractivity contribution in [2.45, 2.75) is 33.1 Å². The van der Waals surface area contributed by atoms with E-state index in [0.29, 0.717) is 12.2 Å². The topological polar surface area (TPSA) is 38.3 Å². The van der Waals surface area contributed by atoms with E-state index < -0.39 is 0 Å². The lowest BCUT2D eigenvalue weighted by Crippen LogP contribution is -2.13. The molecule has 0 saturated heterocycles. The molecule has 1 amide bonds. The first-order valence-corrected chi connectivity index (χ1v) is 7.86. The Balaban J connectivity index is 2.07. The van der Waals surface area contributed by atoms with Crippen LogP contribution in [0.2, 0.25) is 0 Å². The van der Waals surface area contributed by atoms with Crippen molar-refractivity contribution in [2.24, 2.45) is 0 Å². The minimum atomic E-state index is -0.109. The lowest BCUT2D eigenvalue weighted by molar-refractivity contribution is 0.102. The summed E-state index contributed by atoms with van der Waals surface area (Å²) in [5.41, 5.74) is 2.61. The molecular formula is C19H23NO2. The van der Waals surface area contributed by atoms with Gasteiger partial charge in [-0.05, 0) is 42.7 Å². The average Bonchev–Trinajstić information content (AvgIpc) is 2.56. The number of anilines is 1. The Hall–Kier alpha value is -2.29. The number of ether oxygens (including phenoxy) is 1. The van der Waals surface area contributed by atoms with Crippen molar-refractivity contribution in [3.8, 4) is 5.75 Å². The molecule has 22 heavy (non-hydrogen) atoms. The first-order chi connectivity index (χ1) is 10.7. The molecule has 2 aromatic carbocycles. The fourth-order valence-electron chi connectivity index (χ4n) is 2.21. The van der Waals surface area contributed by atoms with E-state index in [2.05, 4.69) is 19.2 Å². The number of benzene rings is 2. The van der Waals surface area contributed by atoms with Crippen molar-refractivity contribution in [3.63, 3.8) is 0 Å². The summed E-state index contributed by atoms with van der Waals surface area (Å²) >= 11 is 0. The highest BCUT2D eigenvalue weighted by Gasteiger charge is 2.09. The van der Waals surface area contributed by atoms with Gasteiger partial charge in [-0.2, -0.15) is 0 Å². The Morgan fingerprint density at radius 1 is 1.09 bits per heavy atom. The van der Waals surface area contributed by atoms with Crippen LogP contribution in [-0.4, -0.2) is 12.5 Å².